The molecular weight excluding hydrogens is 392 g/mol. The second-order valence-corrected chi connectivity index (χ2v) is 9.26. The molecule has 29 heavy (non-hydrogen) atoms. The summed E-state index contributed by atoms with van der Waals surface area (Å²) in [6, 6.07) is 11.9. The maximum Gasteiger partial charge on any atom is 0.323 e. The van der Waals surface area contributed by atoms with Gasteiger partial charge in [0.05, 0.1) is 15.9 Å². The molecule has 8 nitrogen and oxygen atoms in total. The molecule has 1 aliphatic heterocycles. The zero-order valence-electron chi connectivity index (χ0n) is 15.9. The number of amides is 1. The van der Waals surface area contributed by atoms with Crippen LogP contribution in [0.15, 0.2) is 52.2 Å². The highest BCUT2D eigenvalue weighted by Gasteiger charge is 2.32. The van der Waals surface area contributed by atoms with Crippen molar-refractivity contribution in [2.24, 2.45) is 5.92 Å². The number of piperidine rings is 1. The van der Waals surface area contributed by atoms with Gasteiger partial charge in [0.15, 0.2) is 0 Å². The Morgan fingerprint density at radius 3 is 2.38 bits per heavy atom. The van der Waals surface area contributed by atoms with E-state index in [1.54, 1.807) is 42.5 Å². The van der Waals surface area contributed by atoms with Crippen LogP contribution in [0.3, 0.4) is 0 Å². The van der Waals surface area contributed by atoms with E-state index in [1.807, 2.05) is 6.92 Å². The number of carbonyl (C=O) groups is 1. The van der Waals surface area contributed by atoms with Crippen LogP contribution in [0.4, 0.5) is 5.69 Å². The Hall–Kier alpha value is -2.91. The molecule has 3 aromatic rings. The quantitative estimate of drug-likeness (QED) is 0.607. The lowest BCUT2D eigenvalue weighted by atomic mass is 9.97. The molecule has 1 aromatic heterocycles. The van der Waals surface area contributed by atoms with Gasteiger partial charge in [-0.15, -0.1) is 0 Å². The largest absolute Gasteiger partial charge is 0.326 e. The number of aryl methyl sites for hydroxylation is 1. The highest BCUT2D eigenvalue weighted by Crippen LogP contribution is 2.25. The first-order valence-electron chi connectivity index (χ1n) is 9.43. The smallest absolute Gasteiger partial charge is 0.323 e. The topological polar surface area (TPSA) is 115 Å². The molecule has 9 heteroatoms. The number of benzene rings is 2. The van der Waals surface area contributed by atoms with Crippen LogP contribution < -0.4 is 11.0 Å². The predicted octanol–water partition coefficient (Wildman–Crippen LogP) is 2.20. The average Bonchev–Trinajstić information content (AvgIpc) is 3.07. The number of rotatable bonds is 4. The minimum Gasteiger partial charge on any atom is -0.326 e. The van der Waals surface area contributed by atoms with Gasteiger partial charge in [0.1, 0.15) is 0 Å². The number of H-pyrrole nitrogens is 2. The molecule has 0 saturated carbocycles. The van der Waals surface area contributed by atoms with Crippen molar-refractivity contribution in [3.8, 4) is 0 Å². The first kappa shape index (κ1) is 19.4. The fourth-order valence-corrected chi connectivity index (χ4v) is 5.04. The third-order valence-corrected chi connectivity index (χ3v) is 7.18. The summed E-state index contributed by atoms with van der Waals surface area (Å²) >= 11 is 0. The van der Waals surface area contributed by atoms with Gasteiger partial charge < -0.3 is 15.3 Å². The zero-order valence-corrected chi connectivity index (χ0v) is 16.8. The van der Waals surface area contributed by atoms with E-state index in [0.29, 0.717) is 42.7 Å². The Morgan fingerprint density at radius 1 is 1.03 bits per heavy atom. The minimum atomic E-state index is -3.54. The van der Waals surface area contributed by atoms with Crippen LogP contribution in [0.25, 0.3) is 11.0 Å². The number of hydrogen-bond donors (Lipinski definition) is 3. The average molecular weight is 414 g/mol. The monoisotopic (exact) mass is 414 g/mol. The van der Waals surface area contributed by atoms with Crippen molar-refractivity contribution < 1.29 is 13.2 Å². The predicted molar refractivity (Wildman–Crippen MR) is 110 cm³/mol. The maximum atomic E-state index is 12.8. The molecule has 4 rings (SSSR count). The Labute approximate surface area is 168 Å². The summed E-state index contributed by atoms with van der Waals surface area (Å²) in [4.78, 5) is 29.5. The fraction of sp³-hybridized carbons (Fsp3) is 0.300. The molecule has 1 aliphatic rings. The summed E-state index contributed by atoms with van der Waals surface area (Å²) in [5, 5.41) is 2.86. The Bertz CT molecular complexity index is 1200. The number of carbonyl (C=O) groups excluding carboxylic acids is 1. The van der Waals surface area contributed by atoms with Crippen LogP contribution in [0, 0.1) is 12.8 Å². The SMILES string of the molecule is Cc1ccc(S(=O)(=O)N2CCC(C(=O)Nc3ccc4[nH]c(=O)[nH]c4c3)CC2)cc1. The van der Waals surface area contributed by atoms with Crippen LogP contribution in [0.2, 0.25) is 0 Å². The van der Waals surface area contributed by atoms with Crippen LogP contribution in [-0.2, 0) is 14.8 Å². The van der Waals surface area contributed by atoms with Crippen molar-refractivity contribution in [1.29, 1.82) is 0 Å². The summed E-state index contributed by atoms with van der Waals surface area (Å²) in [7, 11) is -3.54. The number of imidazole rings is 1. The Balaban J connectivity index is 1.40. The minimum absolute atomic E-state index is 0.144. The molecule has 1 amide bonds. The number of nitrogens with zero attached hydrogens (tertiary/aromatic N) is 1. The lowest BCUT2D eigenvalue weighted by molar-refractivity contribution is -0.120. The van der Waals surface area contributed by atoms with Gasteiger partial charge >= 0.3 is 5.69 Å². The number of aromatic amines is 2. The fourth-order valence-electron chi connectivity index (χ4n) is 3.57. The first-order chi connectivity index (χ1) is 13.8. The van der Waals surface area contributed by atoms with Crippen molar-refractivity contribution in [3.05, 3.63) is 58.5 Å². The van der Waals surface area contributed by atoms with Gasteiger partial charge in [-0.05, 0) is 50.1 Å². The summed E-state index contributed by atoms with van der Waals surface area (Å²) in [6.07, 6.45) is 0.917. The van der Waals surface area contributed by atoms with Crippen molar-refractivity contribution >= 4 is 32.7 Å². The number of nitrogens with one attached hydrogen (secondary N) is 3. The highest BCUT2D eigenvalue weighted by molar-refractivity contribution is 7.89. The molecule has 3 N–H and O–H groups in total. The van der Waals surface area contributed by atoms with Crippen LogP contribution in [-0.4, -0.2) is 41.7 Å². The van der Waals surface area contributed by atoms with E-state index < -0.39 is 10.0 Å². The molecule has 0 bridgehead atoms. The summed E-state index contributed by atoms with van der Waals surface area (Å²) < 4.78 is 27.0. The number of anilines is 1. The van der Waals surface area contributed by atoms with Crippen LogP contribution in [0.1, 0.15) is 18.4 Å². The maximum absolute atomic E-state index is 12.8. The van der Waals surface area contributed by atoms with Gasteiger partial charge in [-0.2, -0.15) is 4.31 Å². The molecule has 2 aromatic carbocycles. The third kappa shape index (κ3) is 3.96. The molecule has 0 spiro atoms. The van der Waals surface area contributed by atoms with Gasteiger partial charge in [-0.1, -0.05) is 17.7 Å². The van der Waals surface area contributed by atoms with Crippen molar-refractivity contribution in [2.75, 3.05) is 18.4 Å². The first-order valence-corrected chi connectivity index (χ1v) is 10.9. The second-order valence-electron chi connectivity index (χ2n) is 7.32. The standard InChI is InChI=1S/C20H22N4O4S/c1-13-2-5-16(6-3-13)29(27,28)24-10-8-14(9-11-24)19(25)21-15-4-7-17-18(12-15)23-20(26)22-17/h2-7,12,14H,8-11H2,1H3,(H,21,25)(H2,22,23,26). The van der Waals surface area contributed by atoms with E-state index in [1.165, 1.54) is 4.31 Å². The lowest BCUT2D eigenvalue weighted by Crippen LogP contribution is -2.41. The van der Waals surface area contributed by atoms with Gasteiger partial charge in [-0.3, -0.25) is 4.79 Å². The molecule has 152 valence electrons. The lowest BCUT2D eigenvalue weighted by Gasteiger charge is -2.30. The second kappa shape index (κ2) is 7.49. The van der Waals surface area contributed by atoms with E-state index in [0.717, 1.165) is 5.56 Å². The zero-order chi connectivity index (χ0) is 20.6. The number of fused-ring (bicyclic) bond motifs is 1. The van der Waals surface area contributed by atoms with Gasteiger partial charge in [0, 0.05) is 24.7 Å². The molecule has 1 saturated heterocycles. The molecule has 0 aliphatic carbocycles. The van der Waals surface area contributed by atoms with Crippen molar-refractivity contribution in [3.63, 3.8) is 0 Å². The Morgan fingerprint density at radius 2 is 1.69 bits per heavy atom. The van der Waals surface area contributed by atoms with E-state index in [9.17, 15) is 18.0 Å². The highest BCUT2D eigenvalue weighted by atomic mass is 32.2. The Kier molecular flexibility index (Phi) is 5.01. The number of sulfonamides is 1. The molecule has 0 radical (unpaired) electrons. The van der Waals surface area contributed by atoms with Gasteiger partial charge in [0.2, 0.25) is 15.9 Å². The van der Waals surface area contributed by atoms with E-state index >= 15 is 0 Å². The molecule has 2 heterocycles. The summed E-state index contributed by atoms with van der Waals surface area (Å²) in [5.74, 6) is -0.407. The van der Waals surface area contributed by atoms with Crippen LogP contribution >= 0.6 is 0 Å². The van der Waals surface area contributed by atoms with Gasteiger partial charge in [-0.25, -0.2) is 13.2 Å². The molecule has 1 fully saturated rings. The van der Waals surface area contributed by atoms with Crippen molar-refractivity contribution in [2.45, 2.75) is 24.7 Å². The van der Waals surface area contributed by atoms with Crippen LogP contribution in [0.5, 0.6) is 0 Å². The molecule has 0 atom stereocenters. The number of hydrogen-bond acceptors (Lipinski definition) is 4. The summed E-state index contributed by atoms with van der Waals surface area (Å²) in [6.45, 7) is 2.52. The van der Waals surface area contributed by atoms with E-state index in [-0.39, 0.29) is 22.4 Å². The summed E-state index contributed by atoms with van der Waals surface area (Å²) in [5.41, 5.74) is 2.58. The molecular formula is C20H22N4O4S. The van der Waals surface area contributed by atoms with E-state index in [2.05, 4.69) is 15.3 Å². The third-order valence-electron chi connectivity index (χ3n) is 5.27. The number of aromatic nitrogens is 2. The molecule has 0 unspecified atom stereocenters. The van der Waals surface area contributed by atoms with E-state index in [4.69, 9.17) is 0 Å². The van der Waals surface area contributed by atoms with Crippen molar-refractivity contribution in [1.82, 2.24) is 14.3 Å². The van der Waals surface area contributed by atoms with Gasteiger partial charge in [0.25, 0.3) is 0 Å². The normalized spacial score (nSPS) is 16.2.